The van der Waals surface area contributed by atoms with E-state index in [1.165, 1.54) is 0 Å². The summed E-state index contributed by atoms with van der Waals surface area (Å²) in [6, 6.07) is 0.618. The molecule has 11 heavy (non-hydrogen) atoms. The second-order valence-electron chi connectivity index (χ2n) is 3.92. The second kappa shape index (κ2) is 3.55. The molecule has 0 spiro atoms. The van der Waals surface area contributed by atoms with Crippen LogP contribution < -0.4 is 0 Å². The minimum atomic E-state index is -0.0730. The Morgan fingerprint density at radius 1 is 1.36 bits per heavy atom. The van der Waals surface area contributed by atoms with Crippen molar-refractivity contribution in [1.29, 1.82) is 0 Å². The molecule has 0 amide bonds. The van der Waals surface area contributed by atoms with Crippen molar-refractivity contribution in [2.75, 3.05) is 13.1 Å². The Hall–Kier alpha value is -0.0800. The summed E-state index contributed by atoms with van der Waals surface area (Å²) in [5, 5.41) is 9.29. The molecule has 2 heteroatoms. The third-order valence-corrected chi connectivity index (χ3v) is 2.74. The number of β-amino-alcohol motifs (C(OH)–C–C–N with tert-alkyl or cyclic N) is 1. The highest BCUT2D eigenvalue weighted by Crippen LogP contribution is 2.17. The molecular weight excluding hydrogens is 138 g/mol. The zero-order valence-corrected chi connectivity index (χ0v) is 7.75. The summed E-state index contributed by atoms with van der Waals surface area (Å²) in [4.78, 5) is 2.37. The van der Waals surface area contributed by atoms with Gasteiger partial charge >= 0.3 is 0 Å². The smallest absolute Gasteiger partial charge is 0.0679 e. The molecule has 0 bridgehead atoms. The third kappa shape index (κ3) is 2.17. The van der Waals surface area contributed by atoms with Gasteiger partial charge in [0, 0.05) is 19.1 Å². The molecular formula is C9H19NO. The van der Waals surface area contributed by atoms with E-state index in [2.05, 4.69) is 25.7 Å². The van der Waals surface area contributed by atoms with E-state index in [9.17, 15) is 5.11 Å². The molecule has 1 saturated heterocycles. The highest BCUT2D eigenvalue weighted by molar-refractivity contribution is 4.79. The van der Waals surface area contributed by atoms with Crippen LogP contribution in [-0.2, 0) is 0 Å². The van der Waals surface area contributed by atoms with Crippen LogP contribution in [-0.4, -0.2) is 35.2 Å². The van der Waals surface area contributed by atoms with Crippen molar-refractivity contribution in [1.82, 2.24) is 4.90 Å². The molecule has 0 saturated carbocycles. The lowest BCUT2D eigenvalue weighted by molar-refractivity contribution is 0.148. The maximum absolute atomic E-state index is 9.29. The highest BCUT2D eigenvalue weighted by Gasteiger charge is 2.25. The largest absolute Gasteiger partial charge is 0.392 e. The van der Waals surface area contributed by atoms with Crippen molar-refractivity contribution < 1.29 is 5.11 Å². The fourth-order valence-corrected chi connectivity index (χ4v) is 1.56. The van der Waals surface area contributed by atoms with Crippen molar-refractivity contribution in [3.8, 4) is 0 Å². The number of aliphatic hydroxyl groups excluding tert-OH is 1. The zero-order valence-electron chi connectivity index (χ0n) is 7.75. The van der Waals surface area contributed by atoms with E-state index in [-0.39, 0.29) is 6.10 Å². The Morgan fingerprint density at radius 3 is 2.36 bits per heavy atom. The molecule has 1 aliphatic heterocycles. The van der Waals surface area contributed by atoms with Gasteiger partial charge in [0.25, 0.3) is 0 Å². The van der Waals surface area contributed by atoms with Gasteiger partial charge in [0.1, 0.15) is 0 Å². The lowest BCUT2D eigenvalue weighted by atomic mass is 10.1. The lowest BCUT2D eigenvalue weighted by Gasteiger charge is -2.26. The lowest BCUT2D eigenvalue weighted by Crippen LogP contribution is -2.35. The van der Waals surface area contributed by atoms with E-state index in [0.29, 0.717) is 12.0 Å². The van der Waals surface area contributed by atoms with Gasteiger partial charge in [-0.25, -0.2) is 0 Å². The van der Waals surface area contributed by atoms with Gasteiger partial charge in [-0.1, -0.05) is 13.8 Å². The molecule has 1 N–H and O–H groups in total. The minimum Gasteiger partial charge on any atom is -0.392 e. The van der Waals surface area contributed by atoms with E-state index in [4.69, 9.17) is 0 Å². The number of rotatable bonds is 2. The highest BCUT2D eigenvalue weighted by atomic mass is 16.3. The van der Waals surface area contributed by atoms with Crippen LogP contribution in [0, 0.1) is 5.92 Å². The first kappa shape index (κ1) is 9.01. The molecule has 1 aliphatic rings. The predicted molar refractivity (Wildman–Crippen MR) is 46.5 cm³/mol. The maximum atomic E-state index is 9.29. The summed E-state index contributed by atoms with van der Waals surface area (Å²) >= 11 is 0. The average Bonchev–Trinajstić information content (AvgIpc) is 2.34. The van der Waals surface area contributed by atoms with Crippen LogP contribution >= 0.6 is 0 Å². The summed E-state index contributed by atoms with van der Waals surface area (Å²) in [5.74, 6) is 0.695. The number of nitrogens with zero attached hydrogens (tertiary/aromatic N) is 1. The third-order valence-electron chi connectivity index (χ3n) is 2.74. The Balaban J connectivity index is 2.36. The van der Waals surface area contributed by atoms with Gasteiger partial charge in [0.05, 0.1) is 6.10 Å². The van der Waals surface area contributed by atoms with E-state index in [0.717, 1.165) is 19.5 Å². The van der Waals surface area contributed by atoms with Crippen LogP contribution in [0.25, 0.3) is 0 Å². The quantitative estimate of drug-likeness (QED) is 0.649. The topological polar surface area (TPSA) is 23.5 Å². The number of likely N-dealkylation sites (tertiary alicyclic amines) is 1. The van der Waals surface area contributed by atoms with Gasteiger partial charge in [-0.05, 0) is 19.3 Å². The normalized spacial score (nSPS) is 29.7. The summed E-state index contributed by atoms with van der Waals surface area (Å²) in [5.41, 5.74) is 0. The molecule has 66 valence electrons. The number of aliphatic hydroxyl groups is 1. The first-order valence-electron chi connectivity index (χ1n) is 4.53. The van der Waals surface area contributed by atoms with Crippen LogP contribution in [0.5, 0.6) is 0 Å². The van der Waals surface area contributed by atoms with Gasteiger partial charge < -0.3 is 5.11 Å². The number of hydrogen-bond donors (Lipinski definition) is 1. The van der Waals surface area contributed by atoms with E-state index >= 15 is 0 Å². The van der Waals surface area contributed by atoms with Crippen LogP contribution in [0.15, 0.2) is 0 Å². The summed E-state index contributed by atoms with van der Waals surface area (Å²) in [7, 11) is 0. The van der Waals surface area contributed by atoms with E-state index in [1.54, 1.807) is 0 Å². The van der Waals surface area contributed by atoms with Gasteiger partial charge in [-0.15, -0.1) is 0 Å². The second-order valence-corrected chi connectivity index (χ2v) is 3.92. The fraction of sp³-hybridized carbons (Fsp3) is 1.00. The summed E-state index contributed by atoms with van der Waals surface area (Å²) in [6.07, 6.45) is 0.882. The molecule has 2 atom stereocenters. The fourth-order valence-electron chi connectivity index (χ4n) is 1.56. The average molecular weight is 157 g/mol. The molecule has 0 aromatic carbocycles. The molecule has 0 aromatic rings. The Bertz CT molecular complexity index is 125. The Labute approximate surface area is 69.2 Å². The van der Waals surface area contributed by atoms with Crippen molar-refractivity contribution in [2.24, 2.45) is 5.92 Å². The van der Waals surface area contributed by atoms with Crippen molar-refractivity contribution in [3.63, 3.8) is 0 Å². The Morgan fingerprint density at radius 2 is 2.00 bits per heavy atom. The van der Waals surface area contributed by atoms with Crippen LogP contribution in [0.2, 0.25) is 0 Å². The van der Waals surface area contributed by atoms with Crippen molar-refractivity contribution >= 4 is 0 Å². The van der Waals surface area contributed by atoms with E-state index < -0.39 is 0 Å². The predicted octanol–water partition coefficient (Wildman–Crippen LogP) is 1.10. The van der Waals surface area contributed by atoms with Crippen LogP contribution in [0.3, 0.4) is 0 Å². The molecule has 0 aromatic heterocycles. The van der Waals surface area contributed by atoms with Crippen LogP contribution in [0.4, 0.5) is 0 Å². The molecule has 2 nitrogen and oxygen atoms in total. The zero-order chi connectivity index (χ0) is 8.43. The van der Waals surface area contributed by atoms with Gasteiger partial charge in [0.2, 0.25) is 0 Å². The minimum absolute atomic E-state index is 0.0730. The monoisotopic (exact) mass is 157 g/mol. The first-order chi connectivity index (χ1) is 5.11. The van der Waals surface area contributed by atoms with Gasteiger partial charge in [0.15, 0.2) is 0 Å². The standard InChI is InChI=1S/C9H19NO/c1-7(2)8(3)10-5-4-9(11)6-10/h7-9,11H,4-6H2,1-3H3/t8-,9+/m0/s1. The van der Waals surface area contributed by atoms with Gasteiger partial charge in [-0.2, -0.15) is 0 Å². The SMILES string of the molecule is CC(C)[C@H](C)N1CC[C@@H](O)C1. The Kier molecular flexibility index (Phi) is 2.90. The van der Waals surface area contributed by atoms with Gasteiger partial charge in [-0.3, -0.25) is 4.90 Å². The molecule has 1 rings (SSSR count). The summed E-state index contributed by atoms with van der Waals surface area (Å²) in [6.45, 7) is 8.65. The van der Waals surface area contributed by atoms with Crippen molar-refractivity contribution in [2.45, 2.75) is 39.3 Å². The molecule has 0 aliphatic carbocycles. The number of hydrogen-bond acceptors (Lipinski definition) is 2. The van der Waals surface area contributed by atoms with Crippen LogP contribution in [0.1, 0.15) is 27.2 Å². The molecule has 1 heterocycles. The van der Waals surface area contributed by atoms with E-state index in [1.807, 2.05) is 0 Å². The maximum Gasteiger partial charge on any atom is 0.0679 e. The summed E-state index contributed by atoms with van der Waals surface area (Å²) < 4.78 is 0. The molecule has 0 unspecified atom stereocenters. The van der Waals surface area contributed by atoms with Crippen molar-refractivity contribution in [3.05, 3.63) is 0 Å². The first-order valence-corrected chi connectivity index (χ1v) is 4.53. The molecule has 1 fully saturated rings. The molecule has 0 radical (unpaired) electrons.